The largest absolute Gasteiger partial charge is 0.303 e. The predicted octanol–water partition coefficient (Wildman–Crippen LogP) is 2.12. The highest BCUT2D eigenvalue weighted by Gasteiger charge is 2.17. The number of carbonyl (C=O) groups excluding carboxylic acids is 2. The number of hydrogen-bond donors (Lipinski definition) is 1. The summed E-state index contributed by atoms with van der Waals surface area (Å²) in [6.07, 6.45) is 0. The molecule has 0 unspecified atom stereocenters. The zero-order valence-corrected chi connectivity index (χ0v) is 11.1. The molecule has 0 aliphatic heterocycles. The molecule has 0 aliphatic carbocycles. The van der Waals surface area contributed by atoms with Crippen LogP contribution in [0.2, 0.25) is 0 Å². The fourth-order valence-corrected chi connectivity index (χ4v) is 2.55. The average Bonchev–Trinajstić information content (AvgIpc) is 3.05. The Labute approximate surface area is 111 Å². The zero-order valence-electron chi connectivity index (χ0n) is 9.50. The third-order valence-corrected chi connectivity index (χ3v) is 3.69. The fraction of sp³-hybridized carbons (Fsp3) is 0.182. The summed E-state index contributed by atoms with van der Waals surface area (Å²) in [5.41, 5.74) is 2.52. The number of thiazole rings is 1. The molecule has 18 heavy (non-hydrogen) atoms. The van der Waals surface area contributed by atoms with Gasteiger partial charge in [-0.15, -0.1) is 22.7 Å². The maximum atomic E-state index is 11.9. The van der Waals surface area contributed by atoms with Crippen LogP contribution >= 0.6 is 22.7 Å². The first kappa shape index (κ1) is 12.9. The minimum absolute atomic E-state index is 0.170. The molecule has 0 fully saturated rings. The summed E-state index contributed by atoms with van der Waals surface area (Å²) in [6.45, 7) is 2.13. The van der Waals surface area contributed by atoms with Gasteiger partial charge in [-0.05, 0) is 18.4 Å². The van der Waals surface area contributed by atoms with Crippen LogP contribution in [0.5, 0.6) is 0 Å². The lowest BCUT2D eigenvalue weighted by Crippen LogP contribution is -2.23. The van der Waals surface area contributed by atoms with Crippen LogP contribution in [0.3, 0.4) is 0 Å². The number of nitrogens with one attached hydrogen (secondary N) is 1. The standard InChI is InChI=1S/C11H10N2O3S2/c1-2-16-13-10(15)11-12-7(6-18-11)9(14)8-4-3-5-17-8/h3-6H,2H2,1H3,(H,13,15). The summed E-state index contributed by atoms with van der Waals surface area (Å²) in [5, 5.41) is 3.61. The zero-order chi connectivity index (χ0) is 13.0. The van der Waals surface area contributed by atoms with Gasteiger partial charge in [0.2, 0.25) is 5.78 Å². The van der Waals surface area contributed by atoms with E-state index in [9.17, 15) is 9.59 Å². The molecule has 1 N–H and O–H groups in total. The van der Waals surface area contributed by atoms with Crippen molar-refractivity contribution in [2.45, 2.75) is 6.92 Å². The number of thiophene rings is 1. The first-order valence-electron chi connectivity index (χ1n) is 5.18. The summed E-state index contributed by atoms with van der Waals surface area (Å²) >= 11 is 2.46. The molecule has 2 rings (SSSR count). The quantitative estimate of drug-likeness (QED) is 0.673. The van der Waals surface area contributed by atoms with E-state index in [1.54, 1.807) is 24.4 Å². The summed E-state index contributed by atoms with van der Waals surface area (Å²) in [5.74, 6) is -0.608. The number of rotatable bonds is 5. The normalized spacial score (nSPS) is 10.3. The molecule has 0 radical (unpaired) electrons. The highest BCUT2D eigenvalue weighted by molar-refractivity contribution is 7.13. The van der Waals surface area contributed by atoms with E-state index in [1.807, 2.05) is 5.38 Å². The molecule has 2 heterocycles. The fourth-order valence-electron chi connectivity index (χ4n) is 1.20. The molecule has 0 bridgehead atoms. The van der Waals surface area contributed by atoms with Crippen LogP contribution in [0.1, 0.15) is 32.1 Å². The van der Waals surface area contributed by atoms with Crippen molar-refractivity contribution >= 4 is 34.4 Å². The molecule has 0 saturated heterocycles. The predicted molar refractivity (Wildman–Crippen MR) is 69.0 cm³/mol. The minimum Gasteiger partial charge on any atom is -0.286 e. The van der Waals surface area contributed by atoms with E-state index in [0.29, 0.717) is 11.5 Å². The Morgan fingerprint density at radius 1 is 1.44 bits per heavy atom. The Balaban J connectivity index is 2.11. The maximum absolute atomic E-state index is 11.9. The number of aromatic nitrogens is 1. The van der Waals surface area contributed by atoms with Crippen LogP contribution in [0, 0.1) is 0 Å². The molecule has 2 aromatic heterocycles. The molecule has 0 saturated carbocycles. The van der Waals surface area contributed by atoms with Gasteiger partial charge in [-0.2, -0.15) is 0 Å². The van der Waals surface area contributed by atoms with E-state index in [2.05, 4.69) is 10.5 Å². The molecule has 94 valence electrons. The second-order valence-corrected chi connectivity index (χ2v) is 5.01. The number of amides is 1. The van der Waals surface area contributed by atoms with Gasteiger partial charge in [-0.1, -0.05) is 6.07 Å². The second-order valence-electron chi connectivity index (χ2n) is 3.21. The molecular formula is C11H10N2O3S2. The van der Waals surface area contributed by atoms with Crippen LogP contribution in [-0.2, 0) is 4.84 Å². The van der Waals surface area contributed by atoms with Gasteiger partial charge in [-0.3, -0.25) is 14.4 Å². The van der Waals surface area contributed by atoms with Gasteiger partial charge in [0.05, 0.1) is 11.5 Å². The van der Waals surface area contributed by atoms with Crippen molar-refractivity contribution in [1.29, 1.82) is 0 Å². The van der Waals surface area contributed by atoms with Gasteiger partial charge < -0.3 is 0 Å². The second kappa shape index (κ2) is 5.85. The van der Waals surface area contributed by atoms with Crippen LogP contribution in [0.15, 0.2) is 22.9 Å². The SMILES string of the molecule is CCONC(=O)c1nc(C(=O)c2cccs2)cs1. The van der Waals surface area contributed by atoms with Gasteiger partial charge in [0.15, 0.2) is 5.01 Å². The van der Waals surface area contributed by atoms with Crippen LogP contribution < -0.4 is 5.48 Å². The topological polar surface area (TPSA) is 68.3 Å². The Kier molecular flexibility index (Phi) is 4.19. The van der Waals surface area contributed by atoms with Crippen molar-refractivity contribution in [2.75, 3.05) is 6.61 Å². The van der Waals surface area contributed by atoms with Crippen LogP contribution in [-0.4, -0.2) is 23.3 Å². The van der Waals surface area contributed by atoms with Crippen molar-refractivity contribution in [1.82, 2.24) is 10.5 Å². The Morgan fingerprint density at radius 3 is 2.94 bits per heavy atom. The average molecular weight is 282 g/mol. The van der Waals surface area contributed by atoms with Crippen molar-refractivity contribution in [3.63, 3.8) is 0 Å². The molecule has 0 aromatic carbocycles. The Morgan fingerprint density at radius 2 is 2.28 bits per heavy atom. The molecule has 1 amide bonds. The third-order valence-electron chi connectivity index (χ3n) is 1.99. The Bertz CT molecular complexity index is 548. The highest BCUT2D eigenvalue weighted by Crippen LogP contribution is 2.17. The van der Waals surface area contributed by atoms with E-state index in [0.717, 1.165) is 11.3 Å². The summed E-state index contributed by atoms with van der Waals surface area (Å²) in [7, 11) is 0. The smallest absolute Gasteiger partial charge is 0.286 e. The van der Waals surface area contributed by atoms with E-state index in [1.165, 1.54) is 11.3 Å². The van der Waals surface area contributed by atoms with Gasteiger partial charge in [0.25, 0.3) is 0 Å². The Hall–Kier alpha value is -1.57. The lowest BCUT2D eigenvalue weighted by atomic mass is 10.2. The van der Waals surface area contributed by atoms with E-state index >= 15 is 0 Å². The first-order valence-corrected chi connectivity index (χ1v) is 6.94. The number of hydrogen-bond acceptors (Lipinski definition) is 6. The number of hydroxylamine groups is 1. The first-order chi connectivity index (χ1) is 8.72. The van der Waals surface area contributed by atoms with Gasteiger partial charge in [0.1, 0.15) is 5.69 Å². The van der Waals surface area contributed by atoms with Crippen LogP contribution in [0.4, 0.5) is 0 Å². The number of carbonyl (C=O) groups is 2. The van der Waals surface area contributed by atoms with Crippen molar-refractivity contribution in [3.05, 3.63) is 38.5 Å². The van der Waals surface area contributed by atoms with E-state index < -0.39 is 5.91 Å². The summed E-state index contributed by atoms with van der Waals surface area (Å²) < 4.78 is 0. The van der Waals surface area contributed by atoms with Gasteiger partial charge in [-0.25, -0.2) is 10.5 Å². The minimum atomic E-state index is -0.438. The molecule has 2 aromatic rings. The van der Waals surface area contributed by atoms with Crippen molar-refractivity contribution < 1.29 is 14.4 Å². The highest BCUT2D eigenvalue weighted by atomic mass is 32.1. The van der Waals surface area contributed by atoms with Gasteiger partial charge >= 0.3 is 5.91 Å². The lowest BCUT2D eigenvalue weighted by Gasteiger charge is -1.99. The number of nitrogens with zero attached hydrogens (tertiary/aromatic N) is 1. The monoisotopic (exact) mass is 282 g/mol. The molecular weight excluding hydrogens is 272 g/mol. The van der Waals surface area contributed by atoms with E-state index in [-0.39, 0.29) is 16.5 Å². The number of ketones is 1. The molecule has 0 aliphatic rings. The lowest BCUT2D eigenvalue weighted by molar-refractivity contribution is 0.0364. The molecule has 5 nitrogen and oxygen atoms in total. The maximum Gasteiger partial charge on any atom is 0.303 e. The van der Waals surface area contributed by atoms with Crippen molar-refractivity contribution in [3.8, 4) is 0 Å². The molecule has 0 spiro atoms. The molecule has 0 atom stereocenters. The van der Waals surface area contributed by atoms with E-state index in [4.69, 9.17) is 4.84 Å². The summed E-state index contributed by atoms with van der Waals surface area (Å²) in [4.78, 5) is 32.9. The van der Waals surface area contributed by atoms with Gasteiger partial charge in [0, 0.05) is 5.38 Å². The van der Waals surface area contributed by atoms with Crippen molar-refractivity contribution in [2.24, 2.45) is 0 Å². The molecule has 7 heteroatoms. The third kappa shape index (κ3) is 2.81. The summed E-state index contributed by atoms with van der Waals surface area (Å²) in [6, 6.07) is 3.53. The van der Waals surface area contributed by atoms with Crippen LogP contribution in [0.25, 0.3) is 0 Å².